The van der Waals surface area contributed by atoms with Crippen molar-refractivity contribution in [1.29, 1.82) is 0 Å². The van der Waals surface area contributed by atoms with Gasteiger partial charge in [-0.2, -0.15) is 5.10 Å². The lowest BCUT2D eigenvalue weighted by molar-refractivity contribution is 0.150. The van der Waals surface area contributed by atoms with Crippen molar-refractivity contribution >= 4 is 0 Å². The monoisotopic (exact) mass is 314 g/mol. The van der Waals surface area contributed by atoms with Gasteiger partial charge in [-0.25, -0.2) is 0 Å². The van der Waals surface area contributed by atoms with Gasteiger partial charge in [0.2, 0.25) is 0 Å². The SMILES string of the molecule is CC(CCn1cccn1)N1CCC(c2ccn(C)c(=O)c2)CC1. The van der Waals surface area contributed by atoms with Crippen molar-refractivity contribution in [1.82, 2.24) is 19.2 Å². The van der Waals surface area contributed by atoms with E-state index in [0.29, 0.717) is 12.0 Å². The molecule has 2 aromatic heterocycles. The lowest BCUT2D eigenvalue weighted by Crippen LogP contribution is -2.40. The molecule has 3 rings (SSSR count). The first-order valence-electron chi connectivity index (χ1n) is 8.51. The average Bonchev–Trinajstić information content (AvgIpc) is 3.09. The molecule has 124 valence electrons. The van der Waals surface area contributed by atoms with E-state index in [-0.39, 0.29) is 5.56 Å². The maximum Gasteiger partial charge on any atom is 0.250 e. The van der Waals surface area contributed by atoms with Crippen LogP contribution in [0.1, 0.15) is 37.7 Å². The molecule has 1 saturated heterocycles. The smallest absolute Gasteiger partial charge is 0.250 e. The van der Waals surface area contributed by atoms with Crippen molar-refractivity contribution in [3.63, 3.8) is 0 Å². The third kappa shape index (κ3) is 3.91. The fourth-order valence-electron chi connectivity index (χ4n) is 3.43. The predicted octanol–water partition coefficient (Wildman–Crippen LogP) is 2.24. The Balaban J connectivity index is 1.51. The third-order valence-electron chi connectivity index (χ3n) is 5.09. The zero-order valence-electron chi connectivity index (χ0n) is 14.1. The van der Waals surface area contributed by atoms with Gasteiger partial charge in [-0.05, 0) is 62.9 Å². The van der Waals surface area contributed by atoms with Crippen LogP contribution in [0, 0.1) is 0 Å². The summed E-state index contributed by atoms with van der Waals surface area (Å²) < 4.78 is 3.64. The summed E-state index contributed by atoms with van der Waals surface area (Å²) in [7, 11) is 1.80. The Hall–Kier alpha value is -1.88. The Morgan fingerprint density at radius 2 is 2.09 bits per heavy atom. The molecule has 1 unspecified atom stereocenters. The number of rotatable bonds is 5. The zero-order valence-corrected chi connectivity index (χ0v) is 14.1. The van der Waals surface area contributed by atoms with Crippen molar-refractivity contribution in [3.05, 3.63) is 52.7 Å². The quantitative estimate of drug-likeness (QED) is 0.850. The van der Waals surface area contributed by atoms with Crippen LogP contribution in [0.3, 0.4) is 0 Å². The van der Waals surface area contributed by atoms with Crippen molar-refractivity contribution in [2.24, 2.45) is 7.05 Å². The van der Waals surface area contributed by atoms with Crippen LogP contribution in [-0.4, -0.2) is 38.4 Å². The first kappa shape index (κ1) is 16.0. The molecule has 0 radical (unpaired) electrons. The van der Waals surface area contributed by atoms with Gasteiger partial charge in [0.25, 0.3) is 5.56 Å². The van der Waals surface area contributed by atoms with Crippen LogP contribution in [0.15, 0.2) is 41.6 Å². The molecule has 1 atom stereocenters. The number of nitrogens with zero attached hydrogens (tertiary/aromatic N) is 4. The van der Waals surface area contributed by atoms with E-state index in [1.54, 1.807) is 11.6 Å². The molecule has 23 heavy (non-hydrogen) atoms. The first-order valence-corrected chi connectivity index (χ1v) is 8.51. The molecular formula is C18H26N4O. The van der Waals surface area contributed by atoms with Gasteiger partial charge in [0.05, 0.1) is 0 Å². The molecule has 1 fully saturated rings. The molecule has 3 heterocycles. The molecule has 2 aromatic rings. The third-order valence-corrected chi connectivity index (χ3v) is 5.09. The molecule has 0 bridgehead atoms. The summed E-state index contributed by atoms with van der Waals surface area (Å²) in [6.07, 6.45) is 9.14. The molecule has 5 heteroatoms. The summed E-state index contributed by atoms with van der Waals surface area (Å²) in [4.78, 5) is 14.4. The van der Waals surface area contributed by atoms with Gasteiger partial charge in [-0.15, -0.1) is 0 Å². The van der Waals surface area contributed by atoms with Crippen molar-refractivity contribution in [2.45, 2.75) is 44.7 Å². The van der Waals surface area contributed by atoms with E-state index in [9.17, 15) is 4.79 Å². The van der Waals surface area contributed by atoms with Crippen molar-refractivity contribution < 1.29 is 0 Å². The Bertz CT molecular complexity index is 669. The average molecular weight is 314 g/mol. The van der Waals surface area contributed by atoms with Gasteiger partial charge >= 0.3 is 0 Å². The molecule has 0 saturated carbocycles. The maximum atomic E-state index is 11.8. The van der Waals surface area contributed by atoms with Crippen LogP contribution in [0.5, 0.6) is 0 Å². The van der Waals surface area contributed by atoms with Crippen LogP contribution in [-0.2, 0) is 13.6 Å². The van der Waals surface area contributed by atoms with Crippen LogP contribution in [0.25, 0.3) is 0 Å². The van der Waals surface area contributed by atoms with Crippen molar-refractivity contribution in [3.8, 4) is 0 Å². The summed E-state index contributed by atoms with van der Waals surface area (Å²) in [5, 5.41) is 4.27. The van der Waals surface area contributed by atoms with Crippen LogP contribution < -0.4 is 5.56 Å². The minimum Gasteiger partial charge on any atom is -0.319 e. The summed E-state index contributed by atoms with van der Waals surface area (Å²) >= 11 is 0. The molecule has 0 N–H and O–H groups in total. The number of hydrogen-bond donors (Lipinski definition) is 0. The maximum absolute atomic E-state index is 11.8. The minimum atomic E-state index is 0.0949. The van der Waals surface area contributed by atoms with E-state index in [0.717, 1.165) is 38.9 Å². The highest BCUT2D eigenvalue weighted by molar-refractivity contribution is 5.17. The van der Waals surface area contributed by atoms with Crippen molar-refractivity contribution in [2.75, 3.05) is 13.1 Å². The van der Waals surface area contributed by atoms with Gasteiger partial charge in [0, 0.05) is 44.3 Å². The van der Waals surface area contributed by atoms with E-state index in [1.165, 1.54) is 5.56 Å². The lowest BCUT2D eigenvalue weighted by atomic mass is 9.89. The molecule has 0 amide bonds. The van der Waals surface area contributed by atoms with Crippen LogP contribution in [0.2, 0.25) is 0 Å². The second-order valence-corrected chi connectivity index (χ2v) is 6.63. The molecule has 1 aliphatic rings. The summed E-state index contributed by atoms with van der Waals surface area (Å²) in [6, 6.07) is 6.45. The number of pyridine rings is 1. The minimum absolute atomic E-state index is 0.0949. The fourth-order valence-corrected chi connectivity index (χ4v) is 3.43. The second-order valence-electron chi connectivity index (χ2n) is 6.63. The molecule has 5 nitrogen and oxygen atoms in total. The fraction of sp³-hybridized carbons (Fsp3) is 0.556. The molecule has 0 aliphatic carbocycles. The highest BCUT2D eigenvalue weighted by Crippen LogP contribution is 2.28. The van der Waals surface area contributed by atoms with E-state index in [4.69, 9.17) is 0 Å². The number of aryl methyl sites for hydroxylation is 2. The summed E-state index contributed by atoms with van der Waals surface area (Å²) in [5.41, 5.74) is 1.30. The molecule has 0 spiro atoms. The van der Waals surface area contributed by atoms with Gasteiger partial charge in [-0.3, -0.25) is 9.48 Å². The Morgan fingerprint density at radius 3 is 2.74 bits per heavy atom. The Labute approximate surface area is 137 Å². The molecular weight excluding hydrogens is 288 g/mol. The number of likely N-dealkylation sites (tertiary alicyclic amines) is 1. The van der Waals surface area contributed by atoms with E-state index >= 15 is 0 Å². The highest BCUT2D eigenvalue weighted by atomic mass is 16.1. The summed E-state index contributed by atoms with van der Waals surface area (Å²) in [5.74, 6) is 0.526. The predicted molar refractivity (Wildman–Crippen MR) is 91.5 cm³/mol. The molecule has 1 aliphatic heterocycles. The first-order chi connectivity index (χ1) is 11.1. The van der Waals surface area contributed by atoms with Gasteiger partial charge < -0.3 is 9.47 Å². The number of hydrogen-bond acceptors (Lipinski definition) is 3. The molecule has 0 aromatic carbocycles. The topological polar surface area (TPSA) is 43.1 Å². The largest absolute Gasteiger partial charge is 0.319 e. The lowest BCUT2D eigenvalue weighted by Gasteiger charge is -2.36. The second kappa shape index (κ2) is 7.13. The van der Waals surface area contributed by atoms with E-state index in [1.807, 2.05) is 35.4 Å². The highest BCUT2D eigenvalue weighted by Gasteiger charge is 2.23. The summed E-state index contributed by atoms with van der Waals surface area (Å²) in [6.45, 7) is 5.51. The Morgan fingerprint density at radius 1 is 1.30 bits per heavy atom. The normalized spacial score (nSPS) is 18.2. The van der Waals surface area contributed by atoms with E-state index < -0.39 is 0 Å². The zero-order chi connectivity index (χ0) is 16.2. The van der Waals surface area contributed by atoms with Gasteiger partial charge in [0.15, 0.2) is 0 Å². The van der Waals surface area contributed by atoms with Crippen LogP contribution in [0.4, 0.5) is 0 Å². The standard InChI is InChI=1S/C18H26N4O/c1-15(4-13-22-9-3-8-19-22)21-11-6-16(7-12-21)17-5-10-20(2)18(23)14-17/h3,5,8-10,14-16H,4,6-7,11-13H2,1-2H3. The van der Waals surface area contributed by atoms with Gasteiger partial charge in [0.1, 0.15) is 0 Å². The van der Waals surface area contributed by atoms with Gasteiger partial charge in [-0.1, -0.05) is 0 Å². The Kier molecular flexibility index (Phi) is 4.96. The van der Waals surface area contributed by atoms with E-state index in [2.05, 4.69) is 23.0 Å². The number of piperidine rings is 1. The number of aromatic nitrogens is 3. The van der Waals surface area contributed by atoms with Crippen LogP contribution >= 0.6 is 0 Å².